The molecule has 1 heterocycles. The van der Waals surface area contributed by atoms with Crippen LogP contribution in [0, 0.1) is 0 Å². The molecule has 0 amide bonds. The first-order chi connectivity index (χ1) is 8.17. The van der Waals surface area contributed by atoms with Gasteiger partial charge in [0.25, 0.3) is 0 Å². The van der Waals surface area contributed by atoms with Gasteiger partial charge in [0.05, 0.1) is 18.2 Å². The van der Waals surface area contributed by atoms with Gasteiger partial charge in [-0.15, -0.1) is 0 Å². The Kier molecular flexibility index (Phi) is 2.77. The fourth-order valence-electron chi connectivity index (χ4n) is 2.11. The van der Waals surface area contributed by atoms with E-state index in [-0.39, 0.29) is 11.6 Å². The van der Waals surface area contributed by atoms with Gasteiger partial charge in [-0.05, 0) is 30.5 Å². The summed E-state index contributed by atoms with van der Waals surface area (Å²) in [5.74, 6) is 0.732. The van der Waals surface area contributed by atoms with Crippen LogP contribution in [0.1, 0.15) is 24.8 Å². The lowest BCUT2D eigenvalue weighted by atomic mass is 10.1. The summed E-state index contributed by atoms with van der Waals surface area (Å²) in [4.78, 5) is 0. The van der Waals surface area contributed by atoms with Gasteiger partial charge in [0.1, 0.15) is 11.9 Å². The predicted octanol–water partition coefficient (Wildman–Crippen LogP) is 2.46. The largest absolute Gasteiger partial charge is 0.486 e. The van der Waals surface area contributed by atoms with Crippen molar-refractivity contribution in [3.05, 3.63) is 28.8 Å². The van der Waals surface area contributed by atoms with Crippen molar-refractivity contribution in [2.45, 2.75) is 30.9 Å². The minimum Gasteiger partial charge on any atom is -0.486 e. The first-order valence-electron chi connectivity index (χ1n) is 6.01. The van der Waals surface area contributed by atoms with E-state index in [4.69, 9.17) is 26.8 Å². The Bertz CT molecular complexity index is 425. The average molecular weight is 254 g/mol. The van der Waals surface area contributed by atoms with Gasteiger partial charge in [-0.2, -0.15) is 0 Å². The van der Waals surface area contributed by atoms with Crippen LogP contribution >= 0.6 is 11.6 Å². The van der Waals surface area contributed by atoms with Gasteiger partial charge in [-0.3, -0.25) is 0 Å². The number of nitrogens with two attached hydrogens (primary N) is 1. The molecule has 3 nitrogen and oxygen atoms in total. The topological polar surface area (TPSA) is 44.5 Å². The molecule has 0 radical (unpaired) electrons. The molecule has 1 saturated heterocycles. The molecule has 2 fully saturated rings. The molecule has 0 aromatic heterocycles. The van der Waals surface area contributed by atoms with E-state index in [1.165, 1.54) is 0 Å². The summed E-state index contributed by atoms with van der Waals surface area (Å²) in [5, 5.41) is 0.645. The standard InChI is InChI=1S/C13H16ClNO2/c14-11-7-9(13(15)4-5-13)1-2-12(11)17-10-3-6-16-8-10/h1-2,7,10H,3-6,8,15H2. The summed E-state index contributed by atoms with van der Waals surface area (Å²) >= 11 is 6.22. The van der Waals surface area contributed by atoms with Crippen LogP contribution in [0.25, 0.3) is 0 Å². The van der Waals surface area contributed by atoms with Crippen LogP contribution in [0.4, 0.5) is 0 Å². The van der Waals surface area contributed by atoms with Crippen LogP contribution in [0.15, 0.2) is 18.2 Å². The molecule has 4 heteroatoms. The molecule has 1 unspecified atom stereocenters. The second-order valence-corrected chi connectivity index (χ2v) is 5.31. The molecule has 1 aliphatic carbocycles. The maximum Gasteiger partial charge on any atom is 0.138 e. The van der Waals surface area contributed by atoms with E-state index in [1.54, 1.807) is 0 Å². The van der Waals surface area contributed by atoms with E-state index in [0.717, 1.165) is 37.2 Å². The lowest BCUT2D eigenvalue weighted by molar-refractivity contribution is 0.141. The van der Waals surface area contributed by atoms with Crippen LogP contribution in [-0.4, -0.2) is 19.3 Å². The van der Waals surface area contributed by atoms with Crippen molar-refractivity contribution < 1.29 is 9.47 Å². The Balaban J connectivity index is 1.76. The van der Waals surface area contributed by atoms with Gasteiger partial charge >= 0.3 is 0 Å². The molecule has 0 spiro atoms. The van der Waals surface area contributed by atoms with Gasteiger partial charge in [0.15, 0.2) is 0 Å². The zero-order chi connectivity index (χ0) is 11.9. The number of hydrogen-bond donors (Lipinski definition) is 1. The third-order valence-corrected chi connectivity index (χ3v) is 3.77. The van der Waals surface area contributed by atoms with Crippen molar-refractivity contribution in [2.24, 2.45) is 5.73 Å². The second-order valence-electron chi connectivity index (χ2n) is 4.90. The molecule has 1 aromatic carbocycles. The summed E-state index contributed by atoms with van der Waals surface area (Å²) in [6, 6.07) is 5.87. The summed E-state index contributed by atoms with van der Waals surface area (Å²) in [5.41, 5.74) is 7.10. The fourth-order valence-corrected chi connectivity index (χ4v) is 2.34. The number of hydrogen-bond acceptors (Lipinski definition) is 3. The molecule has 1 aliphatic heterocycles. The maximum atomic E-state index is 6.22. The average Bonchev–Trinajstić information content (AvgIpc) is 2.87. The van der Waals surface area contributed by atoms with Crippen LogP contribution in [0.2, 0.25) is 5.02 Å². The highest BCUT2D eigenvalue weighted by Gasteiger charge is 2.40. The maximum absolute atomic E-state index is 6.22. The third kappa shape index (κ3) is 2.28. The quantitative estimate of drug-likeness (QED) is 0.900. The van der Waals surface area contributed by atoms with Crippen molar-refractivity contribution in [1.29, 1.82) is 0 Å². The molecule has 1 aromatic rings. The van der Waals surface area contributed by atoms with E-state index in [9.17, 15) is 0 Å². The SMILES string of the molecule is NC1(c2ccc(OC3CCOC3)c(Cl)c2)CC1. The van der Waals surface area contributed by atoms with E-state index >= 15 is 0 Å². The Morgan fingerprint density at radius 3 is 2.82 bits per heavy atom. The van der Waals surface area contributed by atoms with Crippen molar-refractivity contribution in [2.75, 3.05) is 13.2 Å². The lowest BCUT2D eigenvalue weighted by Gasteiger charge is -2.15. The number of benzene rings is 1. The molecule has 2 N–H and O–H groups in total. The molecular formula is C13H16ClNO2. The predicted molar refractivity (Wildman–Crippen MR) is 66.4 cm³/mol. The van der Waals surface area contributed by atoms with E-state index in [1.807, 2.05) is 18.2 Å². The van der Waals surface area contributed by atoms with Crippen molar-refractivity contribution in [3.8, 4) is 5.75 Å². The van der Waals surface area contributed by atoms with Crippen molar-refractivity contribution in [3.63, 3.8) is 0 Å². The minimum absolute atomic E-state index is 0.131. The van der Waals surface area contributed by atoms with Gasteiger partial charge in [0.2, 0.25) is 0 Å². The monoisotopic (exact) mass is 253 g/mol. The molecule has 2 aliphatic rings. The van der Waals surface area contributed by atoms with Gasteiger partial charge in [0, 0.05) is 12.0 Å². The van der Waals surface area contributed by atoms with Crippen LogP contribution in [0.5, 0.6) is 5.75 Å². The van der Waals surface area contributed by atoms with E-state index < -0.39 is 0 Å². The molecule has 92 valence electrons. The molecule has 1 atom stereocenters. The zero-order valence-electron chi connectivity index (χ0n) is 9.62. The second kappa shape index (κ2) is 4.16. The molecule has 17 heavy (non-hydrogen) atoms. The van der Waals surface area contributed by atoms with E-state index in [2.05, 4.69) is 0 Å². The summed E-state index contributed by atoms with van der Waals surface area (Å²) in [6.45, 7) is 1.42. The minimum atomic E-state index is -0.140. The highest BCUT2D eigenvalue weighted by Crippen LogP contribution is 2.44. The van der Waals surface area contributed by atoms with Crippen LogP contribution in [0.3, 0.4) is 0 Å². The van der Waals surface area contributed by atoms with Gasteiger partial charge < -0.3 is 15.2 Å². The number of halogens is 1. The van der Waals surface area contributed by atoms with Gasteiger partial charge in [-0.1, -0.05) is 17.7 Å². The van der Waals surface area contributed by atoms with E-state index in [0.29, 0.717) is 11.6 Å². The highest BCUT2D eigenvalue weighted by molar-refractivity contribution is 6.32. The summed E-state index contributed by atoms with van der Waals surface area (Å²) in [7, 11) is 0. The van der Waals surface area contributed by atoms with Gasteiger partial charge in [-0.25, -0.2) is 0 Å². The lowest BCUT2D eigenvalue weighted by Crippen LogP contribution is -2.19. The highest BCUT2D eigenvalue weighted by atomic mass is 35.5. The Morgan fingerprint density at radius 1 is 1.41 bits per heavy atom. The zero-order valence-corrected chi connectivity index (χ0v) is 10.4. The molecule has 3 rings (SSSR count). The normalized spacial score (nSPS) is 25.9. The number of ether oxygens (including phenoxy) is 2. The molecular weight excluding hydrogens is 238 g/mol. The Labute approximate surface area is 106 Å². The van der Waals surface area contributed by atoms with Crippen LogP contribution in [-0.2, 0) is 10.3 Å². The fraction of sp³-hybridized carbons (Fsp3) is 0.538. The first kappa shape index (κ1) is 11.3. The summed E-state index contributed by atoms with van der Waals surface area (Å²) in [6.07, 6.45) is 3.14. The number of rotatable bonds is 3. The first-order valence-corrected chi connectivity index (χ1v) is 6.38. The van der Waals surface area contributed by atoms with Crippen LogP contribution < -0.4 is 10.5 Å². The smallest absolute Gasteiger partial charge is 0.138 e. The van der Waals surface area contributed by atoms with Crippen molar-refractivity contribution in [1.82, 2.24) is 0 Å². The Morgan fingerprint density at radius 2 is 2.24 bits per heavy atom. The van der Waals surface area contributed by atoms with Crippen molar-refractivity contribution >= 4 is 11.6 Å². The third-order valence-electron chi connectivity index (χ3n) is 3.48. The molecule has 0 bridgehead atoms. The summed E-state index contributed by atoms with van der Waals surface area (Å²) < 4.78 is 11.1. The Hall–Kier alpha value is -0.770. The molecule has 1 saturated carbocycles.